The lowest BCUT2D eigenvalue weighted by Gasteiger charge is -2.06. The van der Waals surface area contributed by atoms with Gasteiger partial charge < -0.3 is 4.57 Å². The standard InChI is InChI=1S/C19H23N.2C2H6/c1-12(2)14-6-8-16-17-9-7-15(13(3)4)11-19(17)20(5)18(16)10-14;2*1-2/h6-13H,1-5H3;2*1-2H3. The van der Waals surface area contributed by atoms with Crippen molar-refractivity contribution in [1.82, 2.24) is 4.57 Å². The number of aryl methyl sites for hydroxylation is 1. The fourth-order valence-electron chi connectivity index (χ4n) is 2.96. The van der Waals surface area contributed by atoms with Gasteiger partial charge in [-0.05, 0) is 35.1 Å². The summed E-state index contributed by atoms with van der Waals surface area (Å²) in [7, 11) is 2.18. The molecule has 0 spiro atoms. The highest BCUT2D eigenvalue weighted by Gasteiger charge is 2.11. The van der Waals surface area contributed by atoms with Gasteiger partial charge in [-0.1, -0.05) is 79.7 Å². The Morgan fingerprint density at radius 2 is 0.958 bits per heavy atom. The van der Waals surface area contributed by atoms with E-state index in [2.05, 4.69) is 75.7 Å². The summed E-state index contributed by atoms with van der Waals surface area (Å²) in [5, 5.41) is 2.73. The van der Waals surface area contributed by atoms with Crippen molar-refractivity contribution in [3.8, 4) is 0 Å². The molecule has 0 saturated carbocycles. The first-order valence-electron chi connectivity index (χ1n) is 9.51. The highest BCUT2D eigenvalue weighted by atomic mass is 14.9. The van der Waals surface area contributed by atoms with Crippen LogP contribution in [0.5, 0.6) is 0 Å². The summed E-state index contributed by atoms with van der Waals surface area (Å²) in [6, 6.07) is 13.8. The smallest absolute Gasteiger partial charge is 0.0491 e. The van der Waals surface area contributed by atoms with E-state index < -0.39 is 0 Å². The average Bonchev–Trinajstić information content (AvgIpc) is 2.90. The number of aromatic nitrogens is 1. The third kappa shape index (κ3) is 3.83. The van der Waals surface area contributed by atoms with E-state index in [0.29, 0.717) is 11.8 Å². The molecule has 3 rings (SSSR count). The van der Waals surface area contributed by atoms with E-state index in [1.54, 1.807) is 0 Å². The van der Waals surface area contributed by atoms with E-state index in [1.807, 2.05) is 27.7 Å². The topological polar surface area (TPSA) is 4.93 Å². The zero-order valence-corrected chi connectivity index (χ0v) is 17.1. The fraction of sp³-hybridized carbons (Fsp3) is 0.478. The zero-order valence-electron chi connectivity index (χ0n) is 17.1. The molecule has 1 heteroatoms. The lowest BCUT2D eigenvalue weighted by atomic mass is 10.00. The Bertz CT molecular complexity index is 710. The van der Waals surface area contributed by atoms with Gasteiger partial charge in [-0.25, -0.2) is 0 Å². The normalized spacial score (nSPS) is 10.6. The van der Waals surface area contributed by atoms with E-state index in [4.69, 9.17) is 0 Å². The molecule has 0 unspecified atom stereocenters. The maximum absolute atomic E-state index is 2.34. The number of rotatable bonds is 2. The van der Waals surface area contributed by atoms with E-state index in [-0.39, 0.29) is 0 Å². The first-order chi connectivity index (χ1) is 11.5. The molecule has 0 radical (unpaired) electrons. The van der Waals surface area contributed by atoms with Gasteiger partial charge in [0, 0.05) is 28.9 Å². The first-order valence-corrected chi connectivity index (χ1v) is 9.51. The maximum Gasteiger partial charge on any atom is 0.0491 e. The lowest BCUT2D eigenvalue weighted by Crippen LogP contribution is -1.91. The quantitative estimate of drug-likeness (QED) is 0.456. The molecular formula is C23H35N. The summed E-state index contributed by atoms with van der Waals surface area (Å²) in [6.07, 6.45) is 0. The van der Waals surface area contributed by atoms with Gasteiger partial charge in [-0.3, -0.25) is 0 Å². The Kier molecular flexibility index (Phi) is 7.54. The second-order valence-corrected chi connectivity index (χ2v) is 6.42. The minimum atomic E-state index is 0.573. The molecule has 1 nitrogen and oxygen atoms in total. The van der Waals surface area contributed by atoms with Crippen LogP contribution in [0.1, 0.15) is 78.4 Å². The van der Waals surface area contributed by atoms with Crippen molar-refractivity contribution in [2.24, 2.45) is 7.05 Å². The van der Waals surface area contributed by atoms with Crippen LogP contribution in [-0.4, -0.2) is 4.57 Å². The summed E-state index contributed by atoms with van der Waals surface area (Å²) in [5.41, 5.74) is 5.50. The summed E-state index contributed by atoms with van der Waals surface area (Å²) in [6.45, 7) is 17.0. The third-order valence-corrected chi connectivity index (χ3v) is 4.39. The molecule has 3 aromatic rings. The highest BCUT2D eigenvalue weighted by Crippen LogP contribution is 2.32. The Hall–Kier alpha value is -1.76. The molecule has 1 aromatic heterocycles. The molecule has 0 bridgehead atoms. The predicted octanol–water partition coefficient (Wildman–Crippen LogP) is 7.63. The monoisotopic (exact) mass is 325 g/mol. The molecule has 0 fully saturated rings. The molecule has 132 valence electrons. The Morgan fingerprint density at radius 1 is 0.625 bits per heavy atom. The summed E-state index contributed by atoms with van der Waals surface area (Å²) < 4.78 is 2.34. The summed E-state index contributed by atoms with van der Waals surface area (Å²) in [4.78, 5) is 0. The third-order valence-electron chi connectivity index (χ3n) is 4.39. The second-order valence-electron chi connectivity index (χ2n) is 6.42. The van der Waals surface area contributed by atoms with Gasteiger partial charge in [0.15, 0.2) is 0 Å². The largest absolute Gasteiger partial charge is 0.344 e. The Morgan fingerprint density at radius 3 is 1.25 bits per heavy atom. The van der Waals surface area contributed by atoms with Crippen LogP contribution in [-0.2, 0) is 7.05 Å². The van der Waals surface area contributed by atoms with Gasteiger partial charge in [0.05, 0.1) is 0 Å². The van der Waals surface area contributed by atoms with Crippen molar-refractivity contribution >= 4 is 21.8 Å². The summed E-state index contributed by atoms with van der Waals surface area (Å²) in [5.74, 6) is 1.15. The SMILES string of the molecule is CC.CC.CC(C)c1ccc2c3ccc(C(C)C)cc3n(C)c2c1. The second kappa shape index (κ2) is 8.92. The molecule has 0 atom stereocenters. The van der Waals surface area contributed by atoms with E-state index >= 15 is 0 Å². The molecule has 0 aliphatic carbocycles. The van der Waals surface area contributed by atoms with Crippen LogP contribution in [0.4, 0.5) is 0 Å². The predicted molar refractivity (Wildman–Crippen MR) is 111 cm³/mol. The van der Waals surface area contributed by atoms with Crippen LogP contribution in [0.25, 0.3) is 21.8 Å². The van der Waals surface area contributed by atoms with Gasteiger partial charge >= 0.3 is 0 Å². The van der Waals surface area contributed by atoms with Crippen LogP contribution in [0, 0.1) is 0 Å². The first kappa shape index (κ1) is 20.3. The highest BCUT2D eigenvalue weighted by molar-refractivity contribution is 6.08. The molecule has 0 N–H and O–H groups in total. The van der Waals surface area contributed by atoms with Crippen molar-refractivity contribution in [3.05, 3.63) is 47.5 Å². The minimum absolute atomic E-state index is 0.573. The number of fused-ring (bicyclic) bond motifs is 3. The number of hydrogen-bond donors (Lipinski definition) is 0. The molecule has 0 saturated heterocycles. The molecule has 0 aliphatic rings. The van der Waals surface area contributed by atoms with Crippen molar-refractivity contribution in [2.75, 3.05) is 0 Å². The molecule has 24 heavy (non-hydrogen) atoms. The maximum atomic E-state index is 2.34. The molecule has 2 aromatic carbocycles. The number of nitrogens with zero attached hydrogens (tertiary/aromatic N) is 1. The van der Waals surface area contributed by atoms with Gasteiger partial charge in [-0.2, -0.15) is 0 Å². The van der Waals surface area contributed by atoms with Crippen molar-refractivity contribution in [2.45, 2.75) is 67.2 Å². The Balaban J connectivity index is 0.000000671. The van der Waals surface area contributed by atoms with Gasteiger partial charge in [0.1, 0.15) is 0 Å². The van der Waals surface area contributed by atoms with Crippen molar-refractivity contribution < 1.29 is 0 Å². The van der Waals surface area contributed by atoms with Crippen LogP contribution >= 0.6 is 0 Å². The molecule has 1 heterocycles. The fourth-order valence-corrected chi connectivity index (χ4v) is 2.96. The van der Waals surface area contributed by atoms with Crippen LogP contribution in [0.2, 0.25) is 0 Å². The van der Waals surface area contributed by atoms with E-state index in [1.165, 1.54) is 32.9 Å². The van der Waals surface area contributed by atoms with Crippen LogP contribution < -0.4 is 0 Å². The zero-order chi connectivity index (χ0) is 18.4. The van der Waals surface area contributed by atoms with Gasteiger partial charge in [-0.15, -0.1) is 0 Å². The number of benzene rings is 2. The van der Waals surface area contributed by atoms with Crippen molar-refractivity contribution in [1.29, 1.82) is 0 Å². The molecule has 0 aliphatic heterocycles. The summed E-state index contributed by atoms with van der Waals surface area (Å²) >= 11 is 0. The van der Waals surface area contributed by atoms with Crippen LogP contribution in [0.3, 0.4) is 0 Å². The Labute approximate surface area is 148 Å². The number of hydrogen-bond acceptors (Lipinski definition) is 0. The van der Waals surface area contributed by atoms with Gasteiger partial charge in [0.2, 0.25) is 0 Å². The van der Waals surface area contributed by atoms with E-state index in [9.17, 15) is 0 Å². The lowest BCUT2D eigenvalue weighted by molar-refractivity contribution is 0.864. The molecule has 0 amide bonds. The minimum Gasteiger partial charge on any atom is -0.344 e. The van der Waals surface area contributed by atoms with Crippen LogP contribution in [0.15, 0.2) is 36.4 Å². The van der Waals surface area contributed by atoms with Crippen molar-refractivity contribution in [3.63, 3.8) is 0 Å². The molecular weight excluding hydrogens is 290 g/mol. The van der Waals surface area contributed by atoms with E-state index in [0.717, 1.165) is 0 Å². The average molecular weight is 326 g/mol. The van der Waals surface area contributed by atoms with Gasteiger partial charge in [0.25, 0.3) is 0 Å².